The van der Waals surface area contributed by atoms with Crippen LogP contribution < -0.4 is 0 Å². The van der Waals surface area contributed by atoms with E-state index in [2.05, 4.69) is 0 Å². The van der Waals surface area contributed by atoms with E-state index < -0.39 is 0 Å². The zero-order valence-corrected chi connectivity index (χ0v) is 24.3. The second kappa shape index (κ2) is 7.88. The third kappa shape index (κ3) is 3.01. The van der Waals surface area contributed by atoms with Gasteiger partial charge >= 0.3 is 230 Å². The van der Waals surface area contributed by atoms with Crippen LogP contribution in [0.3, 0.4) is 0 Å². The van der Waals surface area contributed by atoms with Crippen LogP contribution in [0, 0.1) is 23.3 Å². The molecule has 8 aromatic rings. The van der Waals surface area contributed by atoms with Crippen molar-refractivity contribution in [2.75, 3.05) is 0 Å². The number of halogens is 4. The normalized spacial score (nSPS) is 12.4. The van der Waals surface area contributed by atoms with Crippen molar-refractivity contribution in [3.05, 3.63) is 69.5 Å². The SMILES string of the molecule is Fc1cc[se]c1-c1sc2cc3sc4c5cc6c(F)c(-c7[se]ccc7F)sc6cc5sc4c3cc2c1F. The molecule has 0 saturated heterocycles. The van der Waals surface area contributed by atoms with E-state index in [0.29, 0.717) is 29.4 Å². The number of hydrogen-bond donors (Lipinski definition) is 0. The summed E-state index contributed by atoms with van der Waals surface area (Å²) < 4.78 is 65.9. The molecule has 0 radical (unpaired) electrons. The zero-order valence-electron chi connectivity index (χ0n) is 17.6. The second-order valence-electron chi connectivity index (χ2n) is 8.24. The van der Waals surface area contributed by atoms with Crippen molar-refractivity contribution in [1.29, 1.82) is 0 Å². The van der Waals surface area contributed by atoms with E-state index in [1.165, 1.54) is 34.8 Å². The Balaban J connectivity index is 1.36. The monoisotopic (exact) mass is 684 g/mol. The second-order valence-corrected chi connectivity index (χ2v) is 16.3. The Morgan fingerprint density at radius 2 is 0.917 bits per heavy atom. The molecule has 0 saturated carbocycles. The maximum absolute atomic E-state index is 15.4. The third-order valence-corrected chi connectivity index (χ3v) is 15.4. The number of rotatable bonds is 2. The summed E-state index contributed by atoms with van der Waals surface area (Å²) in [7, 11) is 0. The quantitative estimate of drug-likeness (QED) is 0.126. The van der Waals surface area contributed by atoms with Gasteiger partial charge in [-0.05, 0) is 0 Å². The zero-order chi connectivity index (χ0) is 24.3. The molecule has 176 valence electrons. The first-order valence-electron chi connectivity index (χ1n) is 10.6. The van der Waals surface area contributed by atoms with Gasteiger partial charge in [-0.3, -0.25) is 0 Å². The molecule has 8 rings (SSSR count). The number of benzene rings is 2. The maximum atomic E-state index is 15.4. The van der Waals surface area contributed by atoms with E-state index in [0.717, 1.165) is 39.0 Å². The van der Waals surface area contributed by atoms with Crippen molar-refractivity contribution in [2.45, 2.75) is 0 Å². The van der Waals surface area contributed by atoms with Gasteiger partial charge in [0, 0.05) is 0 Å². The number of fused-ring (bicyclic) bond motifs is 7. The van der Waals surface area contributed by atoms with Crippen molar-refractivity contribution >= 4 is 124 Å². The fourth-order valence-electron chi connectivity index (χ4n) is 4.58. The molecule has 10 heteroatoms. The molecule has 0 aliphatic heterocycles. The predicted molar refractivity (Wildman–Crippen MR) is 150 cm³/mol. The molecule has 0 aliphatic carbocycles. The predicted octanol–water partition coefficient (Wildman–Crippen LogP) is 9.70. The van der Waals surface area contributed by atoms with E-state index in [9.17, 15) is 8.78 Å². The molecule has 0 nitrogen and oxygen atoms in total. The van der Waals surface area contributed by atoms with Gasteiger partial charge in [-0.2, -0.15) is 0 Å². The Kier molecular flexibility index (Phi) is 4.87. The van der Waals surface area contributed by atoms with Crippen LogP contribution in [0.1, 0.15) is 0 Å². The minimum atomic E-state index is -0.354. The summed E-state index contributed by atoms with van der Waals surface area (Å²) >= 11 is 5.44. The van der Waals surface area contributed by atoms with Crippen molar-refractivity contribution < 1.29 is 17.6 Å². The molecule has 0 aliphatic rings. The standard InChI is InChI=1S/C26H8F4S4Se2/c27-13-1-3-35-25(13)23-19(29)9-5-11-17(7-15(9)33-23)31-22-12-6-10-16(8-18(12)32-21(11)22)34-24(20(10)30)26-14(28)2-4-36-26/h1-8H. The summed E-state index contributed by atoms with van der Waals surface area (Å²) in [5, 5.41) is 2.96. The summed E-state index contributed by atoms with van der Waals surface area (Å²) in [6, 6.07) is 10.6. The molecule has 6 aromatic heterocycles. The molecular formula is C26H8F4S4Se2. The van der Waals surface area contributed by atoms with Gasteiger partial charge in [0.2, 0.25) is 0 Å². The van der Waals surface area contributed by atoms with Gasteiger partial charge < -0.3 is 0 Å². The van der Waals surface area contributed by atoms with Gasteiger partial charge in [0.1, 0.15) is 0 Å². The van der Waals surface area contributed by atoms with E-state index in [4.69, 9.17) is 0 Å². The first-order valence-corrected chi connectivity index (χ1v) is 17.5. The van der Waals surface area contributed by atoms with Crippen molar-refractivity contribution in [1.82, 2.24) is 0 Å². The van der Waals surface area contributed by atoms with Gasteiger partial charge in [0.15, 0.2) is 0 Å². The molecule has 0 spiro atoms. The van der Waals surface area contributed by atoms with E-state index in [1.54, 1.807) is 32.6 Å². The van der Waals surface area contributed by atoms with Crippen molar-refractivity contribution in [3.63, 3.8) is 0 Å². The fraction of sp³-hybridized carbons (Fsp3) is 0. The Bertz CT molecular complexity index is 2010. The fourth-order valence-corrected chi connectivity index (χ4v) is 13.5. The van der Waals surface area contributed by atoms with E-state index in [-0.39, 0.29) is 52.3 Å². The Morgan fingerprint density at radius 1 is 0.500 bits per heavy atom. The molecule has 0 fully saturated rings. The number of thiophene rings is 4. The van der Waals surface area contributed by atoms with Gasteiger partial charge in [0.05, 0.1) is 0 Å². The summed E-state index contributed by atoms with van der Waals surface area (Å²) in [5.74, 6) is -1.39. The van der Waals surface area contributed by atoms with Crippen LogP contribution in [0.4, 0.5) is 17.6 Å². The van der Waals surface area contributed by atoms with Gasteiger partial charge in [-0.1, -0.05) is 0 Å². The molecule has 0 N–H and O–H groups in total. The third-order valence-electron chi connectivity index (χ3n) is 6.23. The van der Waals surface area contributed by atoms with Crippen LogP contribution in [-0.2, 0) is 0 Å². The van der Waals surface area contributed by atoms with Gasteiger partial charge in [-0.25, -0.2) is 0 Å². The summed E-state index contributed by atoms with van der Waals surface area (Å²) in [4.78, 5) is 4.34. The molecule has 0 amide bonds. The summed E-state index contributed by atoms with van der Waals surface area (Å²) in [6.07, 6.45) is 0. The van der Waals surface area contributed by atoms with Crippen LogP contribution in [0.2, 0.25) is 0 Å². The van der Waals surface area contributed by atoms with Crippen LogP contribution >= 0.6 is 45.3 Å². The average molecular weight is 683 g/mol. The van der Waals surface area contributed by atoms with Gasteiger partial charge in [0.25, 0.3) is 0 Å². The summed E-state index contributed by atoms with van der Waals surface area (Å²) in [6.45, 7) is 0. The van der Waals surface area contributed by atoms with Crippen LogP contribution in [-0.4, -0.2) is 29.0 Å². The molecule has 0 bridgehead atoms. The van der Waals surface area contributed by atoms with E-state index in [1.807, 2.05) is 24.3 Å². The van der Waals surface area contributed by atoms with Crippen molar-refractivity contribution in [2.24, 2.45) is 0 Å². The van der Waals surface area contributed by atoms with E-state index >= 15 is 8.78 Å². The van der Waals surface area contributed by atoms with Gasteiger partial charge in [-0.15, -0.1) is 0 Å². The molecule has 2 aromatic carbocycles. The summed E-state index contributed by atoms with van der Waals surface area (Å²) in [5.41, 5.74) is 0. The van der Waals surface area contributed by atoms with Crippen molar-refractivity contribution in [3.8, 4) is 18.6 Å². The molecule has 0 unspecified atom stereocenters. The minimum absolute atomic E-state index is 0.193. The first-order chi connectivity index (χ1) is 17.5. The average Bonchev–Trinajstić information content (AvgIpc) is 3.69. The molecule has 6 heterocycles. The Hall–Kier alpha value is -1.74. The molecule has 0 atom stereocenters. The van der Waals surface area contributed by atoms with Crippen LogP contribution in [0.15, 0.2) is 46.3 Å². The number of hydrogen-bond acceptors (Lipinski definition) is 4. The molecule has 36 heavy (non-hydrogen) atoms. The Labute approximate surface area is 228 Å². The molecular weight excluding hydrogens is 674 g/mol. The Morgan fingerprint density at radius 3 is 1.31 bits per heavy atom. The topological polar surface area (TPSA) is 0 Å². The van der Waals surface area contributed by atoms with Crippen LogP contribution in [0.5, 0.6) is 0 Å². The first kappa shape index (κ1) is 22.3. The van der Waals surface area contributed by atoms with Crippen LogP contribution in [0.25, 0.3) is 68.4 Å².